The quantitative estimate of drug-likeness (QED) is 0.914. The Morgan fingerprint density at radius 2 is 2.11 bits per heavy atom. The van der Waals surface area contributed by atoms with Gasteiger partial charge in [0.15, 0.2) is 5.82 Å². The van der Waals surface area contributed by atoms with Crippen molar-refractivity contribution in [2.75, 3.05) is 19.0 Å². The Kier molecular flexibility index (Phi) is 4.27. The van der Waals surface area contributed by atoms with Crippen LogP contribution in [0.1, 0.15) is 13.8 Å². The molecule has 19 heavy (non-hydrogen) atoms. The van der Waals surface area contributed by atoms with Crippen molar-refractivity contribution in [3.63, 3.8) is 0 Å². The van der Waals surface area contributed by atoms with Crippen LogP contribution in [0, 0.1) is 0 Å². The zero-order valence-electron chi connectivity index (χ0n) is 11.3. The summed E-state index contributed by atoms with van der Waals surface area (Å²) in [6.45, 7) is 5.63. The smallest absolute Gasteiger partial charge is 0.224 e. The van der Waals surface area contributed by atoms with Crippen LogP contribution in [0.25, 0.3) is 11.4 Å². The van der Waals surface area contributed by atoms with Gasteiger partial charge in [0.05, 0.1) is 12.7 Å². The summed E-state index contributed by atoms with van der Waals surface area (Å²) in [6, 6.07) is 5.47. The molecule has 0 saturated carbocycles. The van der Waals surface area contributed by atoms with Gasteiger partial charge in [0.25, 0.3) is 0 Å². The number of ether oxygens (including phenoxy) is 1. The van der Waals surface area contributed by atoms with Crippen molar-refractivity contribution in [3.05, 3.63) is 23.2 Å². The van der Waals surface area contributed by atoms with Crippen molar-refractivity contribution in [1.29, 1.82) is 0 Å². The van der Waals surface area contributed by atoms with E-state index in [1.54, 1.807) is 13.2 Å². The summed E-state index contributed by atoms with van der Waals surface area (Å²) in [5, 5.41) is 12.2. The maximum Gasteiger partial charge on any atom is 0.224 e. The fraction of sp³-hybridized carbons (Fsp3) is 0.385. The summed E-state index contributed by atoms with van der Waals surface area (Å²) >= 11 is 6.06. The summed E-state index contributed by atoms with van der Waals surface area (Å²) in [4.78, 5) is 0. The van der Waals surface area contributed by atoms with Crippen LogP contribution in [0.4, 0.5) is 5.95 Å². The van der Waals surface area contributed by atoms with Gasteiger partial charge in [-0.2, -0.15) is 0 Å². The number of anilines is 1. The number of nitrogens with one attached hydrogen (secondary N) is 1. The molecule has 1 heterocycles. The highest BCUT2D eigenvalue weighted by atomic mass is 35.5. The summed E-state index contributed by atoms with van der Waals surface area (Å²) in [5.74, 6) is 2.23. The van der Waals surface area contributed by atoms with Gasteiger partial charge in [0, 0.05) is 18.1 Å². The van der Waals surface area contributed by atoms with Crippen molar-refractivity contribution >= 4 is 17.5 Å². The summed E-state index contributed by atoms with van der Waals surface area (Å²) in [7, 11) is 1.63. The van der Waals surface area contributed by atoms with Gasteiger partial charge >= 0.3 is 0 Å². The summed E-state index contributed by atoms with van der Waals surface area (Å²) in [5.41, 5.74) is 0.841. The number of halogens is 1. The summed E-state index contributed by atoms with van der Waals surface area (Å²) < 4.78 is 7.36. The molecule has 2 aromatic rings. The number of hydrogen-bond acceptors (Lipinski definition) is 4. The van der Waals surface area contributed by atoms with E-state index < -0.39 is 0 Å². The standard InChI is InChI=1S/C13H17ClN4O/c1-4-15-13-17-16-12(18(13)5-2)10-8-9(14)6-7-11(10)19-3/h6-8H,4-5H2,1-3H3,(H,15,17). The Morgan fingerprint density at radius 1 is 1.32 bits per heavy atom. The van der Waals surface area contributed by atoms with E-state index in [9.17, 15) is 0 Å². The minimum atomic E-state index is 0.645. The van der Waals surface area contributed by atoms with E-state index in [-0.39, 0.29) is 0 Å². The number of rotatable bonds is 5. The lowest BCUT2D eigenvalue weighted by molar-refractivity contribution is 0.416. The molecule has 0 unspecified atom stereocenters. The molecule has 1 N–H and O–H groups in total. The van der Waals surface area contributed by atoms with E-state index in [0.717, 1.165) is 36.2 Å². The van der Waals surface area contributed by atoms with Crippen molar-refractivity contribution in [1.82, 2.24) is 14.8 Å². The van der Waals surface area contributed by atoms with Crippen LogP contribution >= 0.6 is 11.6 Å². The Morgan fingerprint density at radius 3 is 2.74 bits per heavy atom. The zero-order valence-corrected chi connectivity index (χ0v) is 12.0. The lowest BCUT2D eigenvalue weighted by atomic mass is 10.2. The molecule has 0 aliphatic heterocycles. The number of hydrogen-bond donors (Lipinski definition) is 1. The fourth-order valence-corrected chi connectivity index (χ4v) is 2.12. The molecule has 1 aromatic heterocycles. The minimum Gasteiger partial charge on any atom is -0.496 e. The first-order valence-corrected chi connectivity index (χ1v) is 6.60. The van der Waals surface area contributed by atoms with E-state index in [0.29, 0.717) is 5.02 Å². The van der Waals surface area contributed by atoms with E-state index >= 15 is 0 Å². The molecule has 0 atom stereocenters. The van der Waals surface area contributed by atoms with Gasteiger partial charge in [-0.1, -0.05) is 11.6 Å². The maximum atomic E-state index is 6.06. The molecule has 0 saturated heterocycles. The van der Waals surface area contributed by atoms with Gasteiger partial charge < -0.3 is 10.1 Å². The lowest BCUT2D eigenvalue weighted by Gasteiger charge is -2.11. The second-order valence-corrected chi connectivity index (χ2v) is 4.40. The first kappa shape index (κ1) is 13.7. The monoisotopic (exact) mass is 280 g/mol. The Bertz CT molecular complexity index is 568. The van der Waals surface area contributed by atoms with Crippen LogP contribution in [-0.4, -0.2) is 28.4 Å². The predicted octanol–water partition coefficient (Wildman–Crippen LogP) is 3.06. The maximum absolute atomic E-state index is 6.06. The molecule has 0 aliphatic carbocycles. The molecule has 6 heteroatoms. The van der Waals surface area contributed by atoms with Crippen molar-refractivity contribution in [2.45, 2.75) is 20.4 Å². The topological polar surface area (TPSA) is 52.0 Å². The molecule has 0 fully saturated rings. The van der Waals surface area contributed by atoms with Crippen LogP contribution in [0.2, 0.25) is 5.02 Å². The van der Waals surface area contributed by atoms with Gasteiger partial charge in [-0.15, -0.1) is 10.2 Å². The first-order valence-electron chi connectivity index (χ1n) is 6.22. The number of methoxy groups -OCH3 is 1. The molecule has 0 bridgehead atoms. The van der Waals surface area contributed by atoms with Crippen molar-refractivity contribution in [3.8, 4) is 17.1 Å². The third-order valence-corrected chi connectivity index (χ3v) is 3.04. The molecule has 0 aliphatic rings. The van der Waals surface area contributed by atoms with E-state index in [4.69, 9.17) is 16.3 Å². The van der Waals surface area contributed by atoms with E-state index in [2.05, 4.69) is 15.5 Å². The zero-order chi connectivity index (χ0) is 13.8. The molecule has 102 valence electrons. The minimum absolute atomic E-state index is 0.645. The van der Waals surface area contributed by atoms with Crippen molar-refractivity contribution < 1.29 is 4.74 Å². The molecular weight excluding hydrogens is 264 g/mol. The van der Waals surface area contributed by atoms with E-state index in [1.165, 1.54) is 0 Å². The second kappa shape index (κ2) is 5.93. The largest absolute Gasteiger partial charge is 0.496 e. The second-order valence-electron chi connectivity index (χ2n) is 3.97. The van der Waals surface area contributed by atoms with Gasteiger partial charge in [-0.05, 0) is 32.0 Å². The number of nitrogens with zero attached hydrogens (tertiary/aromatic N) is 3. The van der Waals surface area contributed by atoms with Crippen LogP contribution in [-0.2, 0) is 6.54 Å². The molecule has 0 radical (unpaired) electrons. The Labute approximate surface area is 117 Å². The highest BCUT2D eigenvalue weighted by Gasteiger charge is 2.16. The van der Waals surface area contributed by atoms with Gasteiger partial charge in [0.1, 0.15) is 5.75 Å². The van der Waals surface area contributed by atoms with Crippen LogP contribution in [0.5, 0.6) is 5.75 Å². The van der Waals surface area contributed by atoms with Gasteiger partial charge in [-0.25, -0.2) is 0 Å². The van der Waals surface area contributed by atoms with Crippen LogP contribution < -0.4 is 10.1 Å². The SMILES string of the molecule is CCNc1nnc(-c2cc(Cl)ccc2OC)n1CC. The van der Waals surface area contributed by atoms with Gasteiger partial charge in [0.2, 0.25) is 5.95 Å². The molecule has 0 amide bonds. The third-order valence-electron chi connectivity index (χ3n) is 2.80. The summed E-state index contributed by atoms with van der Waals surface area (Å²) in [6.07, 6.45) is 0. The highest BCUT2D eigenvalue weighted by Crippen LogP contribution is 2.32. The van der Waals surface area contributed by atoms with Crippen LogP contribution in [0.15, 0.2) is 18.2 Å². The molecule has 0 spiro atoms. The van der Waals surface area contributed by atoms with Gasteiger partial charge in [-0.3, -0.25) is 4.57 Å². The lowest BCUT2D eigenvalue weighted by Crippen LogP contribution is -2.07. The normalized spacial score (nSPS) is 10.5. The average Bonchev–Trinajstić information content (AvgIpc) is 2.82. The molecule has 1 aromatic carbocycles. The van der Waals surface area contributed by atoms with E-state index in [1.807, 2.05) is 30.5 Å². The molecular formula is C13H17ClN4O. The first-order chi connectivity index (χ1) is 9.21. The predicted molar refractivity (Wildman–Crippen MR) is 76.9 cm³/mol. The number of benzene rings is 1. The Balaban J connectivity index is 2.55. The molecule has 2 rings (SSSR count). The third kappa shape index (κ3) is 2.66. The highest BCUT2D eigenvalue weighted by molar-refractivity contribution is 6.30. The molecule has 5 nitrogen and oxygen atoms in total. The number of aromatic nitrogens is 3. The van der Waals surface area contributed by atoms with Crippen molar-refractivity contribution in [2.24, 2.45) is 0 Å². The Hall–Kier alpha value is -1.75. The van der Waals surface area contributed by atoms with Crippen LogP contribution in [0.3, 0.4) is 0 Å². The average molecular weight is 281 g/mol. The fourth-order valence-electron chi connectivity index (χ4n) is 1.95.